The van der Waals surface area contributed by atoms with E-state index in [0.717, 1.165) is 49.0 Å². The van der Waals surface area contributed by atoms with Crippen LogP contribution in [0.5, 0.6) is 0 Å². The van der Waals surface area contributed by atoms with Crippen LogP contribution in [0.1, 0.15) is 56.7 Å². The van der Waals surface area contributed by atoms with Crippen molar-refractivity contribution in [1.82, 2.24) is 4.90 Å². The van der Waals surface area contributed by atoms with Crippen LogP contribution in [0.3, 0.4) is 0 Å². The number of piperidine rings is 1. The highest BCUT2D eigenvalue weighted by atomic mass is 16.6. The van der Waals surface area contributed by atoms with Gasteiger partial charge in [0.25, 0.3) is 0 Å². The largest absolute Gasteiger partial charge is 0.458 e. The Balaban J connectivity index is 1.41. The number of hydrogen-bond donors (Lipinski definition) is 0. The summed E-state index contributed by atoms with van der Waals surface area (Å²) in [7, 11) is 0. The van der Waals surface area contributed by atoms with Gasteiger partial charge in [0.1, 0.15) is 18.2 Å². The van der Waals surface area contributed by atoms with Gasteiger partial charge in [-0.25, -0.2) is 9.59 Å². The first-order valence-corrected chi connectivity index (χ1v) is 11.9. The zero-order valence-electron chi connectivity index (χ0n) is 19.9. The van der Waals surface area contributed by atoms with Crippen molar-refractivity contribution in [3.05, 3.63) is 65.2 Å². The summed E-state index contributed by atoms with van der Waals surface area (Å²) < 4.78 is 11.2. The summed E-state index contributed by atoms with van der Waals surface area (Å²) >= 11 is 0. The van der Waals surface area contributed by atoms with Gasteiger partial charge in [-0.05, 0) is 75.3 Å². The van der Waals surface area contributed by atoms with Gasteiger partial charge in [-0.3, -0.25) is 0 Å². The van der Waals surface area contributed by atoms with Crippen LogP contribution in [0.2, 0.25) is 0 Å². The van der Waals surface area contributed by atoms with Gasteiger partial charge in [-0.2, -0.15) is 0 Å². The highest BCUT2D eigenvalue weighted by Crippen LogP contribution is 2.30. The second-order valence-electron chi connectivity index (χ2n) is 9.90. The van der Waals surface area contributed by atoms with Crippen molar-refractivity contribution in [2.45, 2.75) is 71.2 Å². The molecule has 33 heavy (non-hydrogen) atoms. The maximum Gasteiger partial charge on any atom is 0.410 e. The molecule has 0 aliphatic carbocycles. The molecule has 0 unspecified atom stereocenters. The topological polar surface area (TPSA) is 59.1 Å². The fourth-order valence-electron chi connectivity index (χ4n) is 4.54. The molecule has 2 aromatic carbocycles. The maximum absolute atomic E-state index is 12.8. The van der Waals surface area contributed by atoms with Crippen LogP contribution in [0.15, 0.2) is 48.5 Å². The van der Waals surface area contributed by atoms with Gasteiger partial charge in [0, 0.05) is 25.3 Å². The van der Waals surface area contributed by atoms with Gasteiger partial charge < -0.3 is 19.3 Å². The van der Waals surface area contributed by atoms with Crippen LogP contribution < -0.4 is 4.90 Å². The van der Waals surface area contributed by atoms with Gasteiger partial charge in [-0.15, -0.1) is 0 Å². The molecule has 1 saturated heterocycles. The Morgan fingerprint density at radius 1 is 1.00 bits per heavy atom. The molecule has 1 atom stereocenters. The minimum absolute atomic E-state index is 0.146. The molecule has 0 aromatic heterocycles. The number of nitrogens with zero attached hydrogens (tertiary/aromatic N) is 2. The number of ether oxygens (including phenoxy) is 2. The van der Waals surface area contributed by atoms with Crippen LogP contribution in [-0.4, -0.2) is 41.7 Å². The van der Waals surface area contributed by atoms with Crippen molar-refractivity contribution >= 4 is 17.7 Å². The van der Waals surface area contributed by atoms with Crippen molar-refractivity contribution in [3.63, 3.8) is 0 Å². The van der Waals surface area contributed by atoms with E-state index in [2.05, 4.69) is 23.1 Å². The third-order valence-electron chi connectivity index (χ3n) is 6.18. The number of esters is 1. The van der Waals surface area contributed by atoms with E-state index in [1.54, 1.807) is 4.90 Å². The number of benzene rings is 2. The van der Waals surface area contributed by atoms with Crippen LogP contribution in [0, 0.1) is 0 Å². The zero-order valence-corrected chi connectivity index (χ0v) is 19.9. The Morgan fingerprint density at radius 2 is 1.79 bits per heavy atom. The van der Waals surface area contributed by atoms with E-state index in [1.165, 1.54) is 5.56 Å². The molecule has 2 aliphatic heterocycles. The lowest BCUT2D eigenvalue weighted by Gasteiger charge is -2.38. The Bertz CT molecular complexity index is 983. The fourth-order valence-corrected chi connectivity index (χ4v) is 4.54. The second kappa shape index (κ2) is 9.86. The third-order valence-corrected chi connectivity index (χ3v) is 6.18. The summed E-state index contributed by atoms with van der Waals surface area (Å²) in [4.78, 5) is 29.4. The Morgan fingerprint density at radius 3 is 2.55 bits per heavy atom. The molecule has 0 saturated carbocycles. The van der Waals surface area contributed by atoms with Gasteiger partial charge in [0.2, 0.25) is 0 Å². The molecule has 4 rings (SSSR count). The molecule has 6 heteroatoms. The lowest BCUT2D eigenvalue weighted by molar-refractivity contribution is -0.157. The molecule has 0 bridgehead atoms. The van der Waals surface area contributed by atoms with Gasteiger partial charge in [0.05, 0.1) is 0 Å². The van der Waals surface area contributed by atoms with Gasteiger partial charge in [-0.1, -0.05) is 36.4 Å². The van der Waals surface area contributed by atoms with E-state index in [-0.39, 0.29) is 24.7 Å². The fraction of sp³-hybridized carbons (Fsp3) is 0.481. The molecular weight excluding hydrogens is 416 g/mol. The number of amides is 1. The van der Waals surface area contributed by atoms with Crippen molar-refractivity contribution in [2.75, 3.05) is 18.0 Å². The number of carbonyl (C=O) groups excluding carboxylic acids is 2. The number of anilines is 1. The molecule has 0 N–H and O–H groups in total. The van der Waals surface area contributed by atoms with Crippen LogP contribution in [0.25, 0.3) is 0 Å². The van der Waals surface area contributed by atoms with Gasteiger partial charge in [0.15, 0.2) is 0 Å². The van der Waals surface area contributed by atoms with Crippen LogP contribution in [-0.2, 0) is 33.8 Å². The van der Waals surface area contributed by atoms with Crippen molar-refractivity contribution in [3.8, 4) is 0 Å². The van der Waals surface area contributed by atoms with Gasteiger partial charge >= 0.3 is 12.1 Å². The van der Waals surface area contributed by atoms with Crippen molar-refractivity contribution in [1.29, 1.82) is 0 Å². The normalized spacial score (nSPS) is 18.5. The van der Waals surface area contributed by atoms with Crippen LogP contribution in [0.4, 0.5) is 10.5 Å². The number of rotatable bonds is 4. The smallest absolute Gasteiger partial charge is 0.410 e. The summed E-state index contributed by atoms with van der Waals surface area (Å²) in [6.45, 7) is 8.02. The predicted molar refractivity (Wildman–Crippen MR) is 128 cm³/mol. The van der Waals surface area contributed by atoms with Crippen molar-refractivity contribution in [2.24, 2.45) is 0 Å². The maximum atomic E-state index is 12.8. The highest BCUT2D eigenvalue weighted by molar-refractivity contribution is 5.81. The van der Waals surface area contributed by atoms with Crippen molar-refractivity contribution < 1.29 is 19.1 Å². The first-order valence-electron chi connectivity index (χ1n) is 11.9. The third kappa shape index (κ3) is 5.86. The molecule has 0 radical (unpaired) electrons. The summed E-state index contributed by atoms with van der Waals surface area (Å²) in [6.07, 6.45) is 3.40. The molecular formula is C27H34N2O4. The average molecular weight is 451 g/mol. The summed E-state index contributed by atoms with van der Waals surface area (Å²) in [5.41, 5.74) is 3.91. The molecule has 1 amide bonds. The summed E-state index contributed by atoms with van der Waals surface area (Å²) in [5, 5.41) is 0. The zero-order chi connectivity index (χ0) is 23.4. The van der Waals surface area contributed by atoms with E-state index in [9.17, 15) is 9.59 Å². The molecule has 2 heterocycles. The predicted octanol–water partition coefficient (Wildman–Crippen LogP) is 5.08. The minimum atomic E-state index is -0.491. The Kier molecular flexibility index (Phi) is 6.91. The molecule has 1 fully saturated rings. The first-order chi connectivity index (χ1) is 15.8. The molecule has 0 spiro atoms. The lowest BCUT2D eigenvalue weighted by Crippen LogP contribution is -2.47. The summed E-state index contributed by atoms with van der Waals surface area (Å²) in [6, 6.07) is 15.8. The minimum Gasteiger partial charge on any atom is -0.458 e. The van der Waals surface area contributed by atoms with Crippen LogP contribution >= 0.6 is 0 Å². The first kappa shape index (κ1) is 23.1. The molecule has 2 aliphatic rings. The average Bonchev–Trinajstić information content (AvgIpc) is 2.81. The molecule has 2 aromatic rings. The van der Waals surface area contributed by atoms with E-state index < -0.39 is 5.60 Å². The van der Waals surface area contributed by atoms with E-state index in [1.807, 2.05) is 51.1 Å². The monoisotopic (exact) mass is 450 g/mol. The number of hydrogen-bond acceptors (Lipinski definition) is 5. The Hall–Kier alpha value is -3.02. The van der Waals surface area contributed by atoms with E-state index in [0.29, 0.717) is 13.1 Å². The van der Waals surface area contributed by atoms with E-state index >= 15 is 0 Å². The Labute approximate surface area is 196 Å². The quantitative estimate of drug-likeness (QED) is 0.608. The van der Waals surface area contributed by atoms with E-state index in [4.69, 9.17) is 9.47 Å². The molecule has 6 nitrogen and oxygen atoms in total. The lowest BCUT2D eigenvalue weighted by atomic mass is 9.96. The second-order valence-corrected chi connectivity index (χ2v) is 9.90. The number of fused-ring (bicyclic) bond motifs is 1. The SMILES string of the molecule is CC(C)(C)OC(=O)[C@@H]1CCCCN1c1ccc2c(c1)CCN(C(=O)OCc1ccccc1)C2. The standard InChI is InChI=1S/C27H34N2O4/c1-27(2,3)33-25(30)24-11-7-8-15-29(24)23-13-12-22-18-28(16-14-21(22)17-23)26(31)32-19-20-9-5-4-6-10-20/h4-6,9-10,12-13,17,24H,7-8,11,14-16,18-19H2,1-3H3/t24-/m0/s1. The number of carbonyl (C=O) groups is 2. The molecule has 176 valence electrons. The highest BCUT2D eigenvalue weighted by Gasteiger charge is 2.33. The summed E-state index contributed by atoms with van der Waals surface area (Å²) in [5.74, 6) is -0.146.